The quantitative estimate of drug-likeness (QED) is 0.722. The first-order valence-corrected chi connectivity index (χ1v) is 5.37. The largest absolute Gasteiger partial charge is 0.368 e. The molecule has 92 valence electrons. The molecule has 2 aromatic rings. The lowest BCUT2D eigenvalue weighted by molar-refractivity contribution is -0.120. The molecule has 0 aliphatic carbocycles. The molecule has 8 nitrogen and oxygen atoms in total. The zero-order valence-corrected chi connectivity index (χ0v) is 9.33. The van der Waals surface area contributed by atoms with Crippen molar-refractivity contribution in [3.05, 3.63) is 18.3 Å². The molecule has 0 spiro atoms. The van der Waals surface area contributed by atoms with Crippen LogP contribution in [0.3, 0.4) is 0 Å². The van der Waals surface area contributed by atoms with Gasteiger partial charge in [-0.3, -0.25) is 19.4 Å². The highest BCUT2D eigenvalue weighted by molar-refractivity contribution is 6.07. The number of nitrogens with zero attached hydrogens (tertiary/aromatic N) is 4. The Morgan fingerprint density at radius 3 is 2.94 bits per heavy atom. The minimum Gasteiger partial charge on any atom is -0.368 e. The molecule has 1 saturated heterocycles. The van der Waals surface area contributed by atoms with Crippen LogP contribution in [0.1, 0.15) is 6.42 Å². The van der Waals surface area contributed by atoms with Crippen LogP contribution >= 0.6 is 0 Å². The third-order valence-corrected chi connectivity index (χ3v) is 2.79. The fourth-order valence-corrected chi connectivity index (χ4v) is 1.92. The highest BCUT2D eigenvalue weighted by Crippen LogP contribution is 2.22. The molecule has 8 heteroatoms. The van der Waals surface area contributed by atoms with Gasteiger partial charge in [-0.05, 0) is 12.1 Å². The maximum Gasteiger partial charge on any atom is 0.328 e. The van der Waals surface area contributed by atoms with E-state index in [1.165, 1.54) is 4.90 Å². The number of carbonyl (C=O) groups is 2. The number of hydrogen-bond acceptors (Lipinski definition) is 5. The number of nitrogens with one attached hydrogen (secondary N) is 1. The summed E-state index contributed by atoms with van der Waals surface area (Å²) in [6.07, 6.45) is 1.97. The van der Waals surface area contributed by atoms with E-state index in [1.54, 1.807) is 22.7 Å². The third-order valence-electron chi connectivity index (χ3n) is 2.79. The van der Waals surface area contributed by atoms with E-state index in [0.717, 1.165) is 0 Å². The summed E-state index contributed by atoms with van der Waals surface area (Å²) >= 11 is 0. The summed E-state index contributed by atoms with van der Waals surface area (Å²) < 4.78 is 1.58. The van der Waals surface area contributed by atoms with Crippen molar-refractivity contribution in [2.75, 3.05) is 17.2 Å². The molecule has 0 unspecified atom stereocenters. The van der Waals surface area contributed by atoms with Gasteiger partial charge in [0, 0.05) is 19.2 Å². The summed E-state index contributed by atoms with van der Waals surface area (Å²) in [6, 6.07) is 3.02. The van der Waals surface area contributed by atoms with E-state index in [1.807, 2.05) is 0 Å². The monoisotopic (exact) mass is 246 g/mol. The molecule has 3 rings (SSSR count). The van der Waals surface area contributed by atoms with Crippen LogP contribution < -0.4 is 16.0 Å². The van der Waals surface area contributed by atoms with Crippen LogP contribution in [-0.4, -0.2) is 33.1 Å². The van der Waals surface area contributed by atoms with Crippen LogP contribution in [0.2, 0.25) is 0 Å². The number of aromatic nitrogens is 3. The van der Waals surface area contributed by atoms with E-state index >= 15 is 0 Å². The molecule has 18 heavy (non-hydrogen) atoms. The van der Waals surface area contributed by atoms with Crippen LogP contribution in [-0.2, 0) is 4.79 Å². The molecule has 0 radical (unpaired) electrons. The van der Waals surface area contributed by atoms with Crippen molar-refractivity contribution in [1.82, 2.24) is 19.9 Å². The SMILES string of the molecule is Nc1nnc2c(N3CCC(=O)NC3=O)cccn12. The number of pyridine rings is 1. The smallest absolute Gasteiger partial charge is 0.328 e. The summed E-state index contributed by atoms with van der Waals surface area (Å²) in [5.41, 5.74) is 6.71. The second-order valence-electron chi connectivity index (χ2n) is 3.90. The molecule has 3 N–H and O–H groups in total. The fourth-order valence-electron chi connectivity index (χ4n) is 1.92. The first-order chi connectivity index (χ1) is 8.66. The van der Waals surface area contributed by atoms with Crippen LogP contribution in [0.5, 0.6) is 0 Å². The minimum absolute atomic E-state index is 0.250. The maximum absolute atomic E-state index is 11.8. The molecule has 0 aromatic carbocycles. The predicted molar refractivity (Wildman–Crippen MR) is 62.9 cm³/mol. The molecule has 1 aliphatic heterocycles. The Kier molecular flexibility index (Phi) is 2.15. The molecule has 3 heterocycles. The molecule has 2 aromatic heterocycles. The topological polar surface area (TPSA) is 106 Å². The highest BCUT2D eigenvalue weighted by atomic mass is 16.2. The van der Waals surface area contributed by atoms with Gasteiger partial charge in [0.1, 0.15) is 0 Å². The number of hydrogen-bond donors (Lipinski definition) is 2. The number of anilines is 2. The first-order valence-electron chi connectivity index (χ1n) is 5.37. The van der Waals surface area contributed by atoms with Crippen molar-refractivity contribution < 1.29 is 9.59 Å². The van der Waals surface area contributed by atoms with E-state index in [2.05, 4.69) is 15.5 Å². The average molecular weight is 246 g/mol. The lowest BCUT2D eigenvalue weighted by Gasteiger charge is -2.26. The second-order valence-corrected chi connectivity index (χ2v) is 3.90. The summed E-state index contributed by atoms with van der Waals surface area (Å²) in [6.45, 7) is 0.317. The summed E-state index contributed by atoms with van der Waals surface area (Å²) in [4.78, 5) is 24.3. The summed E-state index contributed by atoms with van der Waals surface area (Å²) in [5, 5.41) is 9.94. The van der Waals surface area contributed by atoms with Gasteiger partial charge in [-0.15, -0.1) is 10.2 Å². The van der Waals surface area contributed by atoms with Gasteiger partial charge in [-0.25, -0.2) is 4.79 Å². The number of imide groups is 1. The van der Waals surface area contributed by atoms with Crippen molar-refractivity contribution in [2.24, 2.45) is 0 Å². The Labute approximate surface area is 101 Å². The van der Waals surface area contributed by atoms with Gasteiger partial charge < -0.3 is 5.73 Å². The Bertz CT molecular complexity index is 649. The van der Waals surface area contributed by atoms with Crippen molar-refractivity contribution in [3.63, 3.8) is 0 Å². The maximum atomic E-state index is 11.8. The molecule has 0 atom stereocenters. The average Bonchev–Trinajstić information content (AvgIpc) is 2.72. The Balaban J connectivity index is 2.09. The lowest BCUT2D eigenvalue weighted by atomic mass is 10.2. The number of amides is 3. The summed E-state index contributed by atoms with van der Waals surface area (Å²) in [7, 11) is 0. The van der Waals surface area contributed by atoms with Crippen LogP contribution in [0.25, 0.3) is 5.65 Å². The first kappa shape index (κ1) is 10.5. The van der Waals surface area contributed by atoms with Gasteiger partial charge in [0.2, 0.25) is 11.9 Å². The Morgan fingerprint density at radius 2 is 2.17 bits per heavy atom. The number of urea groups is 1. The zero-order chi connectivity index (χ0) is 12.7. The normalized spacial score (nSPS) is 16.1. The molecule has 1 aliphatic rings. The lowest BCUT2D eigenvalue weighted by Crippen LogP contribution is -2.49. The van der Waals surface area contributed by atoms with Crippen molar-refractivity contribution in [3.8, 4) is 0 Å². The molecular formula is C10H10N6O2. The Morgan fingerprint density at radius 1 is 1.33 bits per heavy atom. The molecule has 0 bridgehead atoms. The van der Waals surface area contributed by atoms with E-state index in [4.69, 9.17) is 5.73 Å². The van der Waals surface area contributed by atoms with Crippen LogP contribution in [0.15, 0.2) is 18.3 Å². The number of nitrogens with two attached hydrogens (primary N) is 1. The van der Waals surface area contributed by atoms with Crippen LogP contribution in [0.4, 0.5) is 16.4 Å². The molecular weight excluding hydrogens is 236 g/mol. The molecule has 1 fully saturated rings. The van der Waals surface area contributed by atoms with E-state index < -0.39 is 6.03 Å². The minimum atomic E-state index is -0.457. The number of rotatable bonds is 1. The molecule has 0 saturated carbocycles. The standard InChI is InChI=1S/C10H10N6O2/c11-9-14-13-8-6(2-1-4-16(8)9)15-5-3-7(17)12-10(15)18/h1-2,4H,3,5H2,(H2,11,14)(H,12,17,18). The van der Waals surface area contributed by atoms with Crippen molar-refractivity contribution >= 4 is 29.2 Å². The third kappa shape index (κ3) is 1.46. The zero-order valence-electron chi connectivity index (χ0n) is 9.33. The van der Waals surface area contributed by atoms with Gasteiger partial charge in [0.15, 0.2) is 5.65 Å². The van der Waals surface area contributed by atoms with Gasteiger partial charge >= 0.3 is 6.03 Å². The van der Waals surface area contributed by atoms with E-state index in [9.17, 15) is 9.59 Å². The van der Waals surface area contributed by atoms with Crippen LogP contribution in [0, 0.1) is 0 Å². The second kappa shape index (κ2) is 3.69. The predicted octanol–water partition coefficient (Wildman–Crippen LogP) is -0.242. The van der Waals surface area contributed by atoms with Crippen molar-refractivity contribution in [1.29, 1.82) is 0 Å². The van der Waals surface area contributed by atoms with Gasteiger partial charge in [-0.2, -0.15) is 0 Å². The fraction of sp³-hybridized carbons (Fsp3) is 0.200. The van der Waals surface area contributed by atoms with E-state index in [0.29, 0.717) is 17.9 Å². The highest BCUT2D eigenvalue weighted by Gasteiger charge is 2.26. The number of nitrogen functional groups attached to an aromatic ring is 1. The summed E-state index contributed by atoms with van der Waals surface area (Å²) in [5.74, 6) is -0.0236. The molecule has 3 amide bonds. The number of fused-ring (bicyclic) bond motifs is 1. The van der Waals surface area contributed by atoms with Gasteiger partial charge in [0.05, 0.1) is 5.69 Å². The van der Waals surface area contributed by atoms with Gasteiger partial charge in [-0.1, -0.05) is 0 Å². The van der Waals surface area contributed by atoms with Gasteiger partial charge in [0.25, 0.3) is 0 Å². The van der Waals surface area contributed by atoms with E-state index in [-0.39, 0.29) is 18.3 Å². The Hall–Kier alpha value is -2.64. The number of carbonyl (C=O) groups excluding carboxylic acids is 2. The van der Waals surface area contributed by atoms with Crippen molar-refractivity contribution in [2.45, 2.75) is 6.42 Å².